The Hall–Kier alpha value is 0.210. The van der Waals surface area contributed by atoms with Crippen LogP contribution in [0.2, 0.25) is 0 Å². The fourth-order valence-corrected chi connectivity index (χ4v) is 2.89. The number of hydrogen-bond acceptors (Lipinski definition) is 1. The van der Waals surface area contributed by atoms with Gasteiger partial charge in [0.05, 0.1) is 0 Å². The Morgan fingerprint density at radius 2 is 2.45 bits per heavy atom. The summed E-state index contributed by atoms with van der Waals surface area (Å²) in [5.41, 5.74) is 0.983. The molecule has 1 aromatic rings. The van der Waals surface area contributed by atoms with Crippen LogP contribution in [0, 0.1) is 6.92 Å². The fourth-order valence-electron chi connectivity index (χ4n) is 0.785. The van der Waals surface area contributed by atoms with E-state index in [4.69, 9.17) is 11.6 Å². The topological polar surface area (TPSA) is 0 Å². The third-order valence-electron chi connectivity index (χ3n) is 1.29. The van der Waals surface area contributed by atoms with Crippen LogP contribution in [-0.2, 0) is 0 Å². The van der Waals surface area contributed by atoms with Gasteiger partial charge in [-0.2, -0.15) is 0 Å². The second-order valence-corrected chi connectivity index (χ2v) is 4.65. The summed E-state index contributed by atoms with van der Waals surface area (Å²) in [6.45, 7) is 5.94. The van der Waals surface area contributed by atoms with Crippen molar-refractivity contribution in [2.45, 2.75) is 6.92 Å². The predicted octanol–water partition coefficient (Wildman–Crippen LogP) is 4.07. The van der Waals surface area contributed by atoms with Gasteiger partial charge in [-0.1, -0.05) is 6.58 Å². The molecule has 0 nitrogen and oxygen atoms in total. The minimum Gasteiger partial charge on any atom is -0.140 e. The lowest BCUT2D eigenvalue weighted by atomic mass is 10.3. The molecule has 3 heteroatoms. The lowest BCUT2D eigenvalue weighted by Gasteiger charge is -1.96. The summed E-state index contributed by atoms with van der Waals surface area (Å²) in [4.78, 5) is 2.44. The molecule has 0 aliphatic heterocycles. The molecular weight excluding hydrogens is 244 g/mol. The van der Waals surface area contributed by atoms with Crippen LogP contribution >= 0.6 is 38.9 Å². The van der Waals surface area contributed by atoms with Crippen molar-refractivity contribution in [3.63, 3.8) is 0 Å². The molecule has 0 atom stereocenters. The molecule has 0 aromatic carbocycles. The highest BCUT2D eigenvalue weighted by atomic mass is 79.9. The van der Waals surface area contributed by atoms with Crippen LogP contribution in [0.5, 0.6) is 0 Å². The van der Waals surface area contributed by atoms with Gasteiger partial charge in [0.1, 0.15) is 0 Å². The quantitative estimate of drug-likeness (QED) is 0.695. The average molecular weight is 252 g/mol. The molecule has 1 heterocycles. The van der Waals surface area contributed by atoms with Crippen LogP contribution in [0.25, 0.3) is 5.57 Å². The van der Waals surface area contributed by atoms with Gasteiger partial charge in [-0.15, -0.1) is 22.9 Å². The zero-order valence-corrected chi connectivity index (χ0v) is 9.31. The smallest absolute Gasteiger partial charge is 0.0482 e. The molecule has 0 N–H and O–H groups in total. The van der Waals surface area contributed by atoms with Gasteiger partial charge >= 0.3 is 0 Å². The first-order valence-electron chi connectivity index (χ1n) is 3.15. The summed E-state index contributed by atoms with van der Waals surface area (Å²) in [7, 11) is 0. The molecule has 1 rings (SSSR count). The number of alkyl halides is 1. The third kappa shape index (κ3) is 2.08. The first-order valence-corrected chi connectivity index (χ1v) is 5.29. The van der Waals surface area contributed by atoms with Crippen molar-refractivity contribution in [1.82, 2.24) is 0 Å². The zero-order chi connectivity index (χ0) is 8.43. The summed E-state index contributed by atoms with van der Waals surface area (Å²) < 4.78 is 1.10. The van der Waals surface area contributed by atoms with E-state index in [2.05, 4.69) is 35.5 Å². The van der Waals surface area contributed by atoms with Gasteiger partial charge in [0.2, 0.25) is 0 Å². The Morgan fingerprint density at radius 3 is 2.82 bits per heavy atom. The molecule has 0 aliphatic carbocycles. The van der Waals surface area contributed by atoms with Gasteiger partial charge in [-0.3, -0.25) is 0 Å². The Morgan fingerprint density at radius 1 is 1.82 bits per heavy atom. The molecule has 0 radical (unpaired) electrons. The molecule has 0 saturated carbocycles. The summed E-state index contributed by atoms with van der Waals surface area (Å²) in [6.07, 6.45) is 0. The summed E-state index contributed by atoms with van der Waals surface area (Å²) >= 11 is 10.8. The van der Waals surface area contributed by atoms with Crippen molar-refractivity contribution in [2.24, 2.45) is 0 Å². The molecule has 0 amide bonds. The second-order valence-electron chi connectivity index (χ2n) is 2.27. The molecule has 0 bridgehead atoms. The number of aryl methyl sites for hydroxylation is 1. The van der Waals surface area contributed by atoms with Crippen LogP contribution in [0.15, 0.2) is 17.1 Å². The van der Waals surface area contributed by atoms with E-state index in [1.807, 2.05) is 0 Å². The monoisotopic (exact) mass is 250 g/mol. The highest BCUT2D eigenvalue weighted by molar-refractivity contribution is 9.10. The van der Waals surface area contributed by atoms with E-state index >= 15 is 0 Å². The van der Waals surface area contributed by atoms with Gasteiger partial charge in [0.25, 0.3) is 0 Å². The molecular formula is C8H8BrClS. The van der Waals surface area contributed by atoms with Crippen molar-refractivity contribution in [2.75, 3.05) is 5.88 Å². The van der Waals surface area contributed by atoms with Crippen LogP contribution < -0.4 is 0 Å². The Bertz CT molecular complexity index is 278. The first-order chi connectivity index (χ1) is 5.15. The average Bonchev–Trinajstić information content (AvgIpc) is 2.28. The van der Waals surface area contributed by atoms with Gasteiger partial charge in [0, 0.05) is 20.1 Å². The van der Waals surface area contributed by atoms with Crippen LogP contribution in [-0.4, -0.2) is 5.88 Å². The summed E-state index contributed by atoms with van der Waals surface area (Å²) in [5, 5.41) is 0. The van der Waals surface area contributed by atoms with E-state index in [0.717, 1.165) is 14.9 Å². The largest absolute Gasteiger partial charge is 0.140 e. The SMILES string of the molecule is C=C(CCl)c1sc(C)cc1Br. The van der Waals surface area contributed by atoms with E-state index in [9.17, 15) is 0 Å². The Balaban J connectivity index is 3.03. The maximum Gasteiger partial charge on any atom is 0.0482 e. The van der Waals surface area contributed by atoms with E-state index in [1.165, 1.54) is 4.88 Å². The minimum atomic E-state index is 0.499. The van der Waals surface area contributed by atoms with Crippen molar-refractivity contribution >= 4 is 44.4 Å². The second kappa shape index (κ2) is 3.74. The maximum absolute atomic E-state index is 5.65. The Kier molecular flexibility index (Phi) is 3.16. The van der Waals surface area contributed by atoms with Crippen LogP contribution in [0.1, 0.15) is 9.75 Å². The van der Waals surface area contributed by atoms with Crippen LogP contribution in [0.4, 0.5) is 0 Å². The van der Waals surface area contributed by atoms with E-state index in [-0.39, 0.29) is 0 Å². The number of thiophene rings is 1. The maximum atomic E-state index is 5.65. The lowest BCUT2D eigenvalue weighted by Crippen LogP contribution is -1.77. The molecule has 0 spiro atoms. The molecule has 0 fully saturated rings. The molecule has 11 heavy (non-hydrogen) atoms. The van der Waals surface area contributed by atoms with Crippen molar-refractivity contribution < 1.29 is 0 Å². The summed E-state index contributed by atoms with van der Waals surface area (Å²) in [5.74, 6) is 0.499. The Labute approximate surface area is 84.0 Å². The number of allylic oxidation sites excluding steroid dienone is 1. The zero-order valence-electron chi connectivity index (χ0n) is 6.16. The van der Waals surface area contributed by atoms with Crippen molar-refractivity contribution in [3.05, 3.63) is 26.9 Å². The fraction of sp³-hybridized carbons (Fsp3) is 0.250. The van der Waals surface area contributed by atoms with E-state index < -0.39 is 0 Å². The molecule has 60 valence electrons. The molecule has 0 saturated heterocycles. The van der Waals surface area contributed by atoms with Gasteiger partial charge in [0.15, 0.2) is 0 Å². The molecule has 0 aliphatic rings. The van der Waals surface area contributed by atoms with E-state index in [1.54, 1.807) is 11.3 Å². The van der Waals surface area contributed by atoms with Crippen LogP contribution in [0.3, 0.4) is 0 Å². The highest BCUT2D eigenvalue weighted by Crippen LogP contribution is 2.32. The molecule has 1 aromatic heterocycles. The van der Waals surface area contributed by atoms with Gasteiger partial charge in [-0.25, -0.2) is 0 Å². The van der Waals surface area contributed by atoms with E-state index in [0.29, 0.717) is 5.88 Å². The van der Waals surface area contributed by atoms with Crippen molar-refractivity contribution in [1.29, 1.82) is 0 Å². The predicted molar refractivity (Wildman–Crippen MR) is 56.5 cm³/mol. The normalized spacial score (nSPS) is 10.1. The molecule has 0 unspecified atom stereocenters. The number of hydrogen-bond donors (Lipinski definition) is 0. The minimum absolute atomic E-state index is 0.499. The van der Waals surface area contributed by atoms with Gasteiger partial charge in [-0.05, 0) is 34.5 Å². The highest BCUT2D eigenvalue weighted by Gasteiger charge is 2.06. The lowest BCUT2D eigenvalue weighted by molar-refractivity contribution is 1.61. The summed E-state index contributed by atoms with van der Waals surface area (Å²) in [6, 6.07) is 2.08. The van der Waals surface area contributed by atoms with Crippen molar-refractivity contribution in [3.8, 4) is 0 Å². The number of rotatable bonds is 2. The standard InChI is InChI=1S/C8H8BrClS/c1-5(4-10)8-7(9)3-6(2)11-8/h3H,1,4H2,2H3. The third-order valence-corrected chi connectivity index (χ3v) is 3.66. The number of halogens is 2. The first kappa shape index (κ1) is 9.30. The van der Waals surface area contributed by atoms with Gasteiger partial charge < -0.3 is 0 Å².